The molecule has 16 heavy (non-hydrogen) atoms. The molecule has 1 aromatic heterocycles. The quantitative estimate of drug-likeness (QED) is 0.823. The molecule has 2 heterocycles. The Hall–Kier alpha value is -0.870. The molecule has 0 fully saturated rings. The summed E-state index contributed by atoms with van der Waals surface area (Å²) in [7, 11) is 2.02. The molecule has 0 spiro atoms. The van der Waals surface area contributed by atoms with Gasteiger partial charge in [0.05, 0.1) is 6.54 Å². The zero-order valence-corrected chi connectivity index (χ0v) is 10.5. The minimum Gasteiger partial charge on any atom is -0.333 e. The van der Waals surface area contributed by atoms with E-state index in [4.69, 9.17) is 0 Å². The molecule has 90 valence electrons. The van der Waals surface area contributed by atoms with Gasteiger partial charge in [-0.05, 0) is 12.5 Å². The zero-order valence-electron chi connectivity index (χ0n) is 10.5. The molecule has 0 radical (unpaired) electrons. The predicted molar refractivity (Wildman–Crippen MR) is 65.2 cm³/mol. The molecule has 1 N–H and O–H groups in total. The van der Waals surface area contributed by atoms with Crippen molar-refractivity contribution in [3.63, 3.8) is 0 Å². The average molecular weight is 222 g/mol. The molecule has 0 saturated heterocycles. The first-order valence-corrected chi connectivity index (χ1v) is 5.98. The summed E-state index contributed by atoms with van der Waals surface area (Å²) in [6, 6.07) is 0. The number of nitrogens with zero attached hydrogens (tertiary/aromatic N) is 3. The molecule has 2 rings (SSSR count). The number of rotatable bonds is 4. The van der Waals surface area contributed by atoms with Gasteiger partial charge in [0.25, 0.3) is 0 Å². The van der Waals surface area contributed by atoms with E-state index in [9.17, 15) is 0 Å². The van der Waals surface area contributed by atoms with Crippen LogP contribution in [0.15, 0.2) is 12.4 Å². The molecule has 0 aliphatic carbocycles. The standard InChI is InChI=1S/C12H22N4/c1-12(2,9-13-3)10-15-6-7-16-5-4-14-11(16)8-15/h4-5,13H,6-10H2,1-3H3. The average Bonchev–Trinajstić information content (AvgIpc) is 2.63. The highest BCUT2D eigenvalue weighted by atomic mass is 15.2. The SMILES string of the molecule is CNCC(C)(C)CN1CCn2ccnc2C1. The Morgan fingerprint density at radius 2 is 2.25 bits per heavy atom. The van der Waals surface area contributed by atoms with E-state index < -0.39 is 0 Å². The molecule has 1 aromatic rings. The highest BCUT2D eigenvalue weighted by molar-refractivity contribution is 4.96. The Labute approximate surface area is 97.7 Å². The van der Waals surface area contributed by atoms with Crippen LogP contribution in [0.5, 0.6) is 0 Å². The molecular weight excluding hydrogens is 200 g/mol. The van der Waals surface area contributed by atoms with Crippen molar-refractivity contribution >= 4 is 0 Å². The smallest absolute Gasteiger partial charge is 0.122 e. The Bertz CT molecular complexity index is 343. The number of hydrogen-bond donors (Lipinski definition) is 1. The number of nitrogens with one attached hydrogen (secondary N) is 1. The van der Waals surface area contributed by atoms with Crippen molar-refractivity contribution in [2.75, 3.05) is 26.7 Å². The molecule has 1 aliphatic heterocycles. The first-order valence-electron chi connectivity index (χ1n) is 5.98. The molecular formula is C12H22N4. The number of hydrogen-bond acceptors (Lipinski definition) is 3. The topological polar surface area (TPSA) is 33.1 Å². The summed E-state index contributed by atoms with van der Waals surface area (Å²) >= 11 is 0. The van der Waals surface area contributed by atoms with Crippen molar-refractivity contribution < 1.29 is 0 Å². The summed E-state index contributed by atoms with van der Waals surface area (Å²) in [5, 5.41) is 3.26. The van der Waals surface area contributed by atoms with Gasteiger partial charge in [0.1, 0.15) is 5.82 Å². The molecule has 1 aliphatic rings. The largest absolute Gasteiger partial charge is 0.333 e. The molecule has 0 saturated carbocycles. The van der Waals surface area contributed by atoms with E-state index in [1.54, 1.807) is 0 Å². The van der Waals surface area contributed by atoms with Crippen LogP contribution < -0.4 is 5.32 Å². The summed E-state index contributed by atoms with van der Waals surface area (Å²) < 4.78 is 2.25. The Morgan fingerprint density at radius 1 is 1.44 bits per heavy atom. The molecule has 0 bridgehead atoms. The number of fused-ring (bicyclic) bond motifs is 1. The minimum absolute atomic E-state index is 0.323. The van der Waals surface area contributed by atoms with Crippen LogP contribution in [0.2, 0.25) is 0 Å². The van der Waals surface area contributed by atoms with E-state index in [0.717, 1.165) is 32.7 Å². The van der Waals surface area contributed by atoms with Gasteiger partial charge in [-0.25, -0.2) is 4.98 Å². The molecule has 0 amide bonds. The van der Waals surface area contributed by atoms with Crippen LogP contribution >= 0.6 is 0 Å². The van der Waals surface area contributed by atoms with Crippen LogP contribution in [0.4, 0.5) is 0 Å². The normalized spacial score (nSPS) is 17.4. The second kappa shape index (κ2) is 4.55. The number of imidazole rings is 1. The van der Waals surface area contributed by atoms with Gasteiger partial charge in [0.2, 0.25) is 0 Å². The minimum atomic E-state index is 0.323. The van der Waals surface area contributed by atoms with Gasteiger partial charge in [-0.2, -0.15) is 0 Å². The van der Waals surface area contributed by atoms with Gasteiger partial charge in [-0.1, -0.05) is 13.8 Å². The van der Waals surface area contributed by atoms with E-state index in [2.05, 4.69) is 39.8 Å². The Morgan fingerprint density at radius 3 is 3.00 bits per heavy atom. The van der Waals surface area contributed by atoms with Crippen molar-refractivity contribution in [1.29, 1.82) is 0 Å². The van der Waals surface area contributed by atoms with Crippen LogP contribution in [0.3, 0.4) is 0 Å². The van der Waals surface area contributed by atoms with Crippen molar-refractivity contribution in [1.82, 2.24) is 19.8 Å². The summed E-state index contributed by atoms with van der Waals surface area (Å²) in [5.74, 6) is 1.20. The molecule has 4 heteroatoms. The maximum absolute atomic E-state index is 4.39. The lowest BCUT2D eigenvalue weighted by molar-refractivity contribution is 0.143. The third-order valence-corrected chi connectivity index (χ3v) is 3.13. The Kier molecular flexibility index (Phi) is 3.30. The molecule has 0 aromatic carbocycles. The van der Waals surface area contributed by atoms with Crippen LogP contribution in [0.1, 0.15) is 19.7 Å². The first-order chi connectivity index (χ1) is 7.61. The lowest BCUT2D eigenvalue weighted by Crippen LogP contribution is -2.43. The summed E-state index contributed by atoms with van der Waals surface area (Å²) in [6.45, 7) is 10.00. The summed E-state index contributed by atoms with van der Waals surface area (Å²) in [6.07, 6.45) is 3.98. The zero-order chi connectivity index (χ0) is 11.6. The van der Waals surface area contributed by atoms with E-state index in [1.165, 1.54) is 5.82 Å². The van der Waals surface area contributed by atoms with Crippen LogP contribution in [0, 0.1) is 5.41 Å². The maximum Gasteiger partial charge on any atom is 0.122 e. The second-order valence-electron chi connectivity index (χ2n) is 5.44. The van der Waals surface area contributed by atoms with Gasteiger partial charge in [-0.3, -0.25) is 4.90 Å². The predicted octanol–water partition coefficient (Wildman–Crippen LogP) is 0.944. The highest BCUT2D eigenvalue weighted by Crippen LogP contribution is 2.19. The molecule has 4 nitrogen and oxygen atoms in total. The van der Waals surface area contributed by atoms with Crippen molar-refractivity contribution in [3.05, 3.63) is 18.2 Å². The van der Waals surface area contributed by atoms with E-state index in [1.807, 2.05) is 13.2 Å². The lowest BCUT2D eigenvalue weighted by atomic mass is 9.92. The number of aromatic nitrogens is 2. The van der Waals surface area contributed by atoms with Crippen LogP contribution in [0.25, 0.3) is 0 Å². The first kappa shape index (κ1) is 11.6. The second-order valence-corrected chi connectivity index (χ2v) is 5.44. The molecule has 0 unspecified atom stereocenters. The summed E-state index contributed by atoms with van der Waals surface area (Å²) in [5.41, 5.74) is 0.323. The third kappa shape index (κ3) is 2.62. The summed E-state index contributed by atoms with van der Waals surface area (Å²) in [4.78, 5) is 6.89. The van der Waals surface area contributed by atoms with Crippen molar-refractivity contribution in [2.24, 2.45) is 5.41 Å². The highest BCUT2D eigenvalue weighted by Gasteiger charge is 2.24. The van der Waals surface area contributed by atoms with E-state index in [-0.39, 0.29) is 0 Å². The van der Waals surface area contributed by atoms with E-state index in [0.29, 0.717) is 5.41 Å². The van der Waals surface area contributed by atoms with Gasteiger partial charge in [-0.15, -0.1) is 0 Å². The Balaban J connectivity index is 1.94. The lowest BCUT2D eigenvalue weighted by Gasteiger charge is -2.35. The molecule has 0 atom stereocenters. The van der Waals surface area contributed by atoms with Crippen molar-refractivity contribution in [3.8, 4) is 0 Å². The van der Waals surface area contributed by atoms with E-state index >= 15 is 0 Å². The fraction of sp³-hybridized carbons (Fsp3) is 0.750. The van der Waals surface area contributed by atoms with Crippen LogP contribution in [-0.4, -0.2) is 41.1 Å². The monoisotopic (exact) mass is 222 g/mol. The van der Waals surface area contributed by atoms with Gasteiger partial charge >= 0.3 is 0 Å². The van der Waals surface area contributed by atoms with Crippen LogP contribution in [-0.2, 0) is 13.1 Å². The fourth-order valence-corrected chi connectivity index (χ4v) is 2.50. The van der Waals surface area contributed by atoms with Gasteiger partial charge < -0.3 is 9.88 Å². The third-order valence-electron chi connectivity index (χ3n) is 3.13. The maximum atomic E-state index is 4.39. The fourth-order valence-electron chi connectivity index (χ4n) is 2.50. The van der Waals surface area contributed by atoms with Gasteiger partial charge in [0, 0.05) is 38.6 Å². The van der Waals surface area contributed by atoms with Gasteiger partial charge in [0.15, 0.2) is 0 Å². The van der Waals surface area contributed by atoms with Crippen molar-refractivity contribution in [2.45, 2.75) is 26.9 Å².